The molecule has 0 aliphatic carbocycles. The number of carbonyl (C=O) groups is 1. The quantitative estimate of drug-likeness (QED) is 0.747. The Morgan fingerprint density at radius 1 is 1.35 bits per heavy atom. The summed E-state index contributed by atoms with van der Waals surface area (Å²) in [5.41, 5.74) is 4.02. The van der Waals surface area contributed by atoms with Gasteiger partial charge in [0.05, 0.1) is 11.1 Å². The Balaban J connectivity index is 2.14. The predicted octanol–water partition coefficient (Wildman–Crippen LogP) is 1.80. The summed E-state index contributed by atoms with van der Waals surface area (Å²) >= 11 is 0. The first-order chi connectivity index (χ1) is 8.18. The van der Waals surface area contributed by atoms with Gasteiger partial charge in [-0.05, 0) is 37.5 Å². The first-order valence-corrected chi connectivity index (χ1v) is 5.91. The van der Waals surface area contributed by atoms with Crippen molar-refractivity contribution in [2.75, 3.05) is 13.1 Å². The molecule has 1 aliphatic rings. The van der Waals surface area contributed by atoms with E-state index in [4.69, 9.17) is 0 Å². The molecule has 0 saturated carbocycles. The van der Waals surface area contributed by atoms with Crippen molar-refractivity contribution < 1.29 is 4.79 Å². The van der Waals surface area contributed by atoms with Gasteiger partial charge >= 0.3 is 0 Å². The number of nitrogens with zero attached hydrogens (tertiary/aromatic N) is 3. The summed E-state index contributed by atoms with van der Waals surface area (Å²) in [6.45, 7) is 5.81. The fourth-order valence-electron chi connectivity index (χ4n) is 2.35. The third kappa shape index (κ3) is 1.44. The Hall–Kier alpha value is -1.84. The molecule has 0 bridgehead atoms. The lowest BCUT2D eigenvalue weighted by Gasteiger charge is -2.30. The zero-order chi connectivity index (χ0) is 12.0. The maximum atomic E-state index is 12.2. The van der Waals surface area contributed by atoms with E-state index in [1.165, 1.54) is 0 Å². The van der Waals surface area contributed by atoms with Crippen LogP contribution in [-0.4, -0.2) is 33.5 Å². The molecule has 17 heavy (non-hydrogen) atoms. The number of hydrogen-bond donors (Lipinski definition) is 0. The third-order valence-electron chi connectivity index (χ3n) is 3.50. The predicted molar refractivity (Wildman–Crippen MR) is 65.2 cm³/mol. The molecule has 1 fully saturated rings. The van der Waals surface area contributed by atoms with Crippen molar-refractivity contribution in [3.8, 4) is 0 Å². The molecule has 88 valence electrons. The molecule has 3 rings (SSSR count). The highest BCUT2D eigenvalue weighted by atomic mass is 16.2. The second kappa shape index (κ2) is 3.58. The minimum absolute atomic E-state index is 0.138. The standard InChI is InChI=1S/C13H15N3O/c1-9-4-5-14-16-8-11(10(2)12(9)16)13(17)15-6-3-7-15/h4-5,8H,3,6-7H2,1-2H3. The number of fused-ring (bicyclic) bond motifs is 1. The van der Waals surface area contributed by atoms with Crippen LogP contribution in [0.25, 0.3) is 5.52 Å². The van der Waals surface area contributed by atoms with E-state index in [0.29, 0.717) is 0 Å². The molecule has 1 amide bonds. The first-order valence-electron chi connectivity index (χ1n) is 5.91. The van der Waals surface area contributed by atoms with Gasteiger partial charge < -0.3 is 4.90 Å². The van der Waals surface area contributed by atoms with E-state index in [1.54, 1.807) is 10.7 Å². The van der Waals surface area contributed by atoms with E-state index < -0.39 is 0 Å². The third-order valence-corrected chi connectivity index (χ3v) is 3.50. The summed E-state index contributed by atoms with van der Waals surface area (Å²) in [4.78, 5) is 14.1. The van der Waals surface area contributed by atoms with Crippen LogP contribution in [0.1, 0.15) is 27.9 Å². The molecule has 4 heteroatoms. The van der Waals surface area contributed by atoms with Crippen LogP contribution in [0.4, 0.5) is 0 Å². The maximum Gasteiger partial charge on any atom is 0.255 e. The number of hydrogen-bond acceptors (Lipinski definition) is 2. The summed E-state index contributed by atoms with van der Waals surface area (Å²) in [7, 11) is 0. The second-order valence-electron chi connectivity index (χ2n) is 4.62. The van der Waals surface area contributed by atoms with Crippen LogP contribution in [0.5, 0.6) is 0 Å². The molecule has 0 N–H and O–H groups in total. The summed E-state index contributed by atoms with van der Waals surface area (Å²) in [6, 6.07) is 1.97. The lowest BCUT2D eigenvalue weighted by Crippen LogP contribution is -2.42. The average Bonchev–Trinajstić information content (AvgIpc) is 2.55. The van der Waals surface area contributed by atoms with Gasteiger partial charge in [0, 0.05) is 25.5 Å². The summed E-state index contributed by atoms with van der Waals surface area (Å²) in [6.07, 6.45) is 4.73. The van der Waals surface area contributed by atoms with E-state index >= 15 is 0 Å². The van der Waals surface area contributed by atoms with Crippen LogP contribution in [0, 0.1) is 13.8 Å². The topological polar surface area (TPSA) is 37.6 Å². The minimum atomic E-state index is 0.138. The molecule has 0 aromatic carbocycles. The molecule has 1 aliphatic heterocycles. The lowest BCUT2D eigenvalue weighted by molar-refractivity contribution is 0.0651. The molecule has 2 aromatic rings. The normalized spacial score (nSPS) is 15.1. The SMILES string of the molecule is Cc1ccnn2cc(C(=O)N3CCC3)c(C)c12. The van der Waals surface area contributed by atoms with E-state index in [1.807, 2.05) is 31.0 Å². The molecule has 0 unspecified atom stereocenters. The van der Waals surface area contributed by atoms with Crippen molar-refractivity contribution >= 4 is 11.4 Å². The molecule has 3 heterocycles. The fraction of sp³-hybridized carbons (Fsp3) is 0.385. The van der Waals surface area contributed by atoms with Gasteiger partial charge in [0.15, 0.2) is 0 Å². The van der Waals surface area contributed by atoms with Crippen molar-refractivity contribution in [3.05, 3.63) is 35.2 Å². The molecular formula is C13H15N3O. The zero-order valence-electron chi connectivity index (χ0n) is 10.1. The molecule has 0 radical (unpaired) electrons. The Kier molecular flexibility index (Phi) is 2.18. The molecule has 1 saturated heterocycles. The number of carbonyl (C=O) groups excluding carboxylic acids is 1. The Bertz CT molecular complexity index is 596. The number of rotatable bonds is 1. The zero-order valence-corrected chi connectivity index (χ0v) is 10.1. The van der Waals surface area contributed by atoms with Crippen LogP contribution >= 0.6 is 0 Å². The average molecular weight is 229 g/mol. The van der Waals surface area contributed by atoms with E-state index in [-0.39, 0.29) is 5.91 Å². The van der Waals surface area contributed by atoms with Gasteiger partial charge in [-0.1, -0.05) is 0 Å². The van der Waals surface area contributed by atoms with Crippen LogP contribution < -0.4 is 0 Å². The van der Waals surface area contributed by atoms with Crippen molar-refractivity contribution in [1.29, 1.82) is 0 Å². The number of amides is 1. The molecule has 2 aromatic heterocycles. The van der Waals surface area contributed by atoms with Crippen LogP contribution in [0.2, 0.25) is 0 Å². The Labute approximate surface area is 99.8 Å². The van der Waals surface area contributed by atoms with Gasteiger partial charge in [0.2, 0.25) is 0 Å². The minimum Gasteiger partial charge on any atom is -0.338 e. The van der Waals surface area contributed by atoms with Gasteiger partial charge in [-0.15, -0.1) is 0 Å². The van der Waals surface area contributed by atoms with Crippen LogP contribution in [0.3, 0.4) is 0 Å². The van der Waals surface area contributed by atoms with E-state index in [0.717, 1.165) is 41.7 Å². The van der Waals surface area contributed by atoms with Gasteiger partial charge in [-0.25, -0.2) is 4.52 Å². The van der Waals surface area contributed by atoms with Gasteiger partial charge in [0.25, 0.3) is 5.91 Å². The van der Waals surface area contributed by atoms with Crippen molar-refractivity contribution in [3.63, 3.8) is 0 Å². The highest BCUT2D eigenvalue weighted by molar-refractivity contribution is 5.98. The van der Waals surface area contributed by atoms with Gasteiger partial charge in [-0.2, -0.15) is 5.10 Å². The number of aromatic nitrogens is 2. The van der Waals surface area contributed by atoms with Crippen LogP contribution in [0.15, 0.2) is 18.5 Å². The molecule has 0 atom stereocenters. The first kappa shape index (κ1) is 10.3. The lowest BCUT2D eigenvalue weighted by atomic mass is 10.1. The Morgan fingerprint density at radius 3 is 2.71 bits per heavy atom. The number of likely N-dealkylation sites (tertiary alicyclic amines) is 1. The van der Waals surface area contributed by atoms with E-state index in [9.17, 15) is 4.79 Å². The second-order valence-corrected chi connectivity index (χ2v) is 4.62. The summed E-state index contributed by atoms with van der Waals surface area (Å²) in [5.74, 6) is 0.138. The maximum absolute atomic E-state index is 12.2. The summed E-state index contributed by atoms with van der Waals surface area (Å²) < 4.78 is 1.80. The van der Waals surface area contributed by atoms with Crippen molar-refractivity contribution in [2.45, 2.75) is 20.3 Å². The Morgan fingerprint density at radius 2 is 2.12 bits per heavy atom. The largest absolute Gasteiger partial charge is 0.338 e. The summed E-state index contributed by atoms with van der Waals surface area (Å²) in [5, 5.41) is 4.26. The van der Waals surface area contributed by atoms with Crippen molar-refractivity contribution in [1.82, 2.24) is 14.5 Å². The monoisotopic (exact) mass is 229 g/mol. The molecule has 0 spiro atoms. The van der Waals surface area contributed by atoms with Gasteiger partial charge in [0.1, 0.15) is 0 Å². The molecule has 4 nitrogen and oxygen atoms in total. The van der Waals surface area contributed by atoms with Gasteiger partial charge in [-0.3, -0.25) is 4.79 Å². The van der Waals surface area contributed by atoms with E-state index in [2.05, 4.69) is 5.10 Å². The smallest absolute Gasteiger partial charge is 0.255 e. The highest BCUT2D eigenvalue weighted by Gasteiger charge is 2.25. The van der Waals surface area contributed by atoms with Crippen molar-refractivity contribution in [2.24, 2.45) is 0 Å². The van der Waals surface area contributed by atoms with Crippen LogP contribution in [-0.2, 0) is 0 Å². The highest BCUT2D eigenvalue weighted by Crippen LogP contribution is 2.22. The number of aryl methyl sites for hydroxylation is 2. The fourth-order valence-corrected chi connectivity index (χ4v) is 2.35. The molecular weight excluding hydrogens is 214 g/mol.